The molecular formula is C37H43FN6O4. The van der Waals surface area contributed by atoms with E-state index in [0.29, 0.717) is 43.9 Å². The number of aryl methyl sites for hydroxylation is 1. The summed E-state index contributed by atoms with van der Waals surface area (Å²) < 4.78 is 26.8. The van der Waals surface area contributed by atoms with Crippen LogP contribution in [0.2, 0.25) is 0 Å². The summed E-state index contributed by atoms with van der Waals surface area (Å²) in [5.41, 5.74) is 2.03. The maximum Gasteiger partial charge on any atom is 0.410 e. The highest BCUT2D eigenvalue weighted by Gasteiger charge is 2.50. The number of amides is 1. The number of piperazine rings is 1. The standard InChI is InChI=1S/C37H43FN6O4/c1-22-32-31(16-30(39-22)29-15-27(45)14-23-8-5-6-9-28(23)29)40-34(47-21-37-12-7-13-43(37)18-24(38)17-37)41-33(32)42-19-25-10-11-26(20-42)44(25)35(46)48-36(2,3)4/h5-6,8-9,14-16,24-26,45H,7,10-13,17-21H2,1-4H3/t24-,25?,26?,37+/m1/s1. The Balaban J connectivity index is 1.20. The van der Waals surface area contributed by atoms with E-state index >= 15 is 0 Å². The summed E-state index contributed by atoms with van der Waals surface area (Å²) >= 11 is 0. The van der Waals surface area contributed by atoms with Crippen molar-refractivity contribution in [1.82, 2.24) is 24.8 Å². The van der Waals surface area contributed by atoms with Crippen LogP contribution in [0.1, 0.15) is 58.6 Å². The van der Waals surface area contributed by atoms with Gasteiger partial charge in [-0.15, -0.1) is 0 Å². The number of carbonyl (C=O) groups excluding carboxylic acids is 1. The molecule has 0 saturated carbocycles. The van der Waals surface area contributed by atoms with Crippen LogP contribution in [-0.2, 0) is 4.74 Å². The van der Waals surface area contributed by atoms with Crippen molar-refractivity contribution in [2.75, 3.05) is 37.7 Å². The van der Waals surface area contributed by atoms with Crippen molar-refractivity contribution in [3.63, 3.8) is 0 Å². The summed E-state index contributed by atoms with van der Waals surface area (Å²) in [6.45, 7) is 10.5. The summed E-state index contributed by atoms with van der Waals surface area (Å²) in [6, 6.07) is 13.6. The molecule has 4 atom stereocenters. The molecule has 1 N–H and O–H groups in total. The van der Waals surface area contributed by atoms with Gasteiger partial charge in [0.15, 0.2) is 0 Å². The van der Waals surface area contributed by atoms with E-state index in [4.69, 9.17) is 24.4 Å². The second kappa shape index (κ2) is 11.4. The zero-order valence-electron chi connectivity index (χ0n) is 28.1. The van der Waals surface area contributed by atoms with Gasteiger partial charge in [-0.1, -0.05) is 24.3 Å². The van der Waals surface area contributed by atoms with Crippen LogP contribution in [0.3, 0.4) is 0 Å². The molecule has 0 aliphatic carbocycles. The Kier molecular flexibility index (Phi) is 7.39. The average molecular weight is 655 g/mol. The fraction of sp³-hybridized carbons (Fsp3) is 0.514. The monoisotopic (exact) mass is 654 g/mol. The minimum atomic E-state index is -0.855. The van der Waals surface area contributed by atoms with Crippen LogP contribution in [0.4, 0.5) is 15.0 Å². The molecule has 0 radical (unpaired) electrons. The molecule has 2 bridgehead atoms. The van der Waals surface area contributed by atoms with Crippen molar-refractivity contribution < 1.29 is 23.8 Å². The molecule has 8 rings (SSSR count). The van der Waals surface area contributed by atoms with Gasteiger partial charge in [-0.05, 0) is 88.9 Å². The Morgan fingerprint density at radius 3 is 2.60 bits per heavy atom. The zero-order valence-corrected chi connectivity index (χ0v) is 28.1. The number of phenols is 1. The largest absolute Gasteiger partial charge is 0.508 e. The zero-order chi connectivity index (χ0) is 33.4. The van der Waals surface area contributed by atoms with Crippen molar-refractivity contribution in [1.29, 1.82) is 0 Å². The van der Waals surface area contributed by atoms with E-state index < -0.39 is 11.8 Å². The molecule has 11 heteroatoms. The average Bonchev–Trinajstić information content (AvgIpc) is 3.65. The lowest BCUT2D eigenvalue weighted by atomic mass is 9.95. The van der Waals surface area contributed by atoms with Gasteiger partial charge in [0.2, 0.25) is 0 Å². The summed E-state index contributed by atoms with van der Waals surface area (Å²) in [6.07, 6.45) is 3.03. The van der Waals surface area contributed by atoms with Gasteiger partial charge < -0.3 is 19.5 Å². The van der Waals surface area contributed by atoms with Crippen LogP contribution in [0.15, 0.2) is 42.5 Å². The van der Waals surface area contributed by atoms with E-state index in [0.717, 1.165) is 65.5 Å². The number of ether oxygens (including phenoxy) is 2. The van der Waals surface area contributed by atoms with Gasteiger partial charge in [-0.25, -0.2) is 9.18 Å². The van der Waals surface area contributed by atoms with Crippen molar-refractivity contribution in [2.45, 2.75) is 89.2 Å². The summed E-state index contributed by atoms with van der Waals surface area (Å²) in [5, 5.41) is 13.3. The molecule has 48 heavy (non-hydrogen) atoms. The first-order chi connectivity index (χ1) is 23.0. The number of pyridine rings is 1. The van der Waals surface area contributed by atoms with Gasteiger partial charge in [0.25, 0.3) is 0 Å². The number of hydrogen-bond donors (Lipinski definition) is 1. The Bertz CT molecular complexity index is 1900. The maximum absolute atomic E-state index is 14.6. The lowest BCUT2D eigenvalue weighted by Crippen LogP contribution is -2.57. The van der Waals surface area contributed by atoms with Crippen LogP contribution >= 0.6 is 0 Å². The van der Waals surface area contributed by atoms with Gasteiger partial charge in [-0.2, -0.15) is 9.97 Å². The van der Waals surface area contributed by atoms with Crippen LogP contribution in [0.5, 0.6) is 11.8 Å². The molecule has 2 aromatic heterocycles. The number of phenolic OH excluding ortho intramolecular Hbond substituents is 1. The number of rotatable bonds is 5. The number of nitrogens with zero attached hydrogens (tertiary/aromatic N) is 6. The number of hydrogen-bond acceptors (Lipinski definition) is 9. The van der Waals surface area contributed by atoms with Gasteiger partial charge in [0, 0.05) is 31.6 Å². The second-order valence-corrected chi connectivity index (χ2v) is 15.1. The molecule has 2 unspecified atom stereocenters. The first-order valence-electron chi connectivity index (χ1n) is 17.2. The van der Waals surface area contributed by atoms with E-state index in [1.165, 1.54) is 0 Å². The molecule has 2 aromatic carbocycles. The predicted molar refractivity (Wildman–Crippen MR) is 182 cm³/mol. The number of benzene rings is 2. The molecule has 6 heterocycles. The Labute approximate surface area is 279 Å². The van der Waals surface area contributed by atoms with Crippen molar-refractivity contribution in [3.05, 3.63) is 48.2 Å². The second-order valence-electron chi connectivity index (χ2n) is 15.1. The first kappa shape index (κ1) is 31.0. The van der Waals surface area contributed by atoms with Crippen LogP contribution in [-0.4, -0.2) is 98.1 Å². The Hall–Kier alpha value is -4.25. The van der Waals surface area contributed by atoms with Gasteiger partial charge in [-0.3, -0.25) is 14.8 Å². The lowest BCUT2D eigenvalue weighted by molar-refractivity contribution is 0.0122. The highest BCUT2D eigenvalue weighted by molar-refractivity contribution is 6.00. The maximum atomic E-state index is 14.6. The normalized spacial score (nSPS) is 25.6. The lowest BCUT2D eigenvalue weighted by Gasteiger charge is -2.42. The van der Waals surface area contributed by atoms with Crippen LogP contribution in [0.25, 0.3) is 32.9 Å². The first-order valence-corrected chi connectivity index (χ1v) is 17.2. The fourth-order valence-corrected chi connectivity index (χ4v) is 8.57. The molecule has 0 spiro atoms. The molecule has 1 amide bonds. The number of fused-ring (bicyclic) bond motifs is 5. The van der Waals surface area contributed by atoms with Gasteiger partial charge >= 0.3 is 12.1 Å². The molecule has 10 nitrogen and oxygen atoms in total. The van der Waals surface area contributed by atoms with Crippen LogP contribution in [0, 0.1) is 6.92 Å². The highest BCUT2D eigenvalue weighted by atomic mass is 19.1. The fourth-order valence-electron chi connectivity index (χ4n) is 8.57. The number of halogens is 1. The van der Waals surface area contributed by atoms with Gasteiger partial charge in [0.1, 0.15) is 29.9 Å². The Morgan fingerprint density at radius 1 is 1.06 bits per heavy atom. The minimum Gasteiger partial charge on any atom is -0.508 e. The number of aromatic hydroxyl groups is 1. The van der Waals surface area contributed by atoms with Gasteiger partial charge in [0.05, 0.1) is 39.9 Å². The summed E-state index contributed by atoms with van der Waals surface area (Å²) in [5.74, 6) is 0.890. The van der Waals surface area contributed by atoms with E-state index in [9.17, 15) is 14.3 Å². The van der Waals surface area contributed by atoms with E-state index in [1.54, 1.807) is 12.1 Å². The number of aromatic nitrogens is 3. The molecular weight excluding hydrogens is 611 g/mol. The smallest absolute Gasteiger partial charge is 0.410 e. The SMILES string of the molecule is Cc1nc(-c2cc(O)cc3ccccc23)cc2nc(OC[C@@]34CCCN3C[C@H](F)C4)nc(N3CC4CCC(C3)N4C(=O)OC(C)(C)C)c12. The third kappa shape index (κ3) is 5.45. The number of alkyl halides is 1. The molecule has 252 valence electrons. The van der Waals surface area contributed by atoms with E-state index in [-0.39, 0.29) is 35.5 Å². The van der Waals surface area contributed by atoms with Crippen molar-refractivity contribution >= 4 is 33.6 Å². The molecule has 4 saturated heterocycles. The predicted octanol–water partition coefficient (Wildman–Crippen LogP) is 6.40. The highest BCUT2D eigenvalue weighted by Crippen LogP contribution is 2.42. The topological polar surface area (TPSA) is 104 Å². The summed E-state index contributed by atoms with van der Waals surface area (Å²) in [4.78, 5) is 34.7. The third-order valence-corrected chi connectivity index (χ3v) is 10.6. The molecule has 4 aliphatic rings. The molecule has 4 aliphatic heterocycles. The Morgan fingerprint density at radius 2 is 1.83 bits per heavy atom. The van der Waals surface area contributed by atoms with Crippen molar-refractivity contribution in [2.24, 2.45) is 0 Å². The van der Waals surface area contributed by atoms with Crippen molar-refractivity contribution in [3.8, 4) is 23.0 Å². The minimum absolute atomic E-state index is 0.00917. The van der Waals surface area contributed by atoms with E-state index in [2.05, 4.69) is 9.80 Å². The summed E-state index contributed by atoms with van der Waals surface area (Å²) in [7, 11) is 0. The number of anilines is 1. The molecule has 4 fully saturated rings. The van der Waals surface area contributed by atoms with E-state index in [1.807, 2.05) is 62.9 Å². The van der Waals surface area contributed by atoms with Crippen LogP contribution < -0.4 is 9.64 Å². The number of carbonyl (C=O) groups is 1. The quantitative estimate of drug-likeness (QED) is 0.262. The third-order valence-electron chi connectivity index (χ3n) is 10.6. The molecule has 4 aromatic rings.